The molecular formula is C23H40O. The van der Waals surface area contributed by atoms with Crippen molar-refractivity contribution in [1.82, 2.24) is 0 Å². The van der Waals surface area contributed by atoms with Crippen molar-refractivity contribution >= 4 is 0 Å². The van der Waals surface area contributed by atoms with Gasteiger partial charge < -0.3 is 4.74 Å². The van der Waals surface area contributed by atoms with Crippen molar-refractivity contribution in [3.63, 3.8) is 0 Å². The highest BCUT2D eigenvalue weighted by Gasteiger charge is 2.46. The highest BCUT2D eigenvalue weighted by atomic mass is 16.5. The van der Waals surface area contributed by atoms with Crippen molar-refractivity contribution in [3.05, 3.63) is 0 Å². The molecule has 1 aliphatic heterocycles. The molecule has 0 spiro atoms. The van der Waals surface area contributed by atoms with Crippen LogP contribution < -0.4 is 0 Å². The third-order valence-electron chi connectivity index (χ3n) is 8.93. The summed E-state index contributed by atoms with van der Waals surface area (Å²) in [5, 5.41) is 0. The second kappa shape index (κ2) is 7.29. The predicted octanol–water partition coefficient (Wildman–Crippen LogP) is 6.60. The summed E-state index contributed by atoms with van der Waals surface area (Å²) in [7, 11) is 0. The third kappa shape index (κ3) is 3.31. The van der Waals surface area contributed by atoms with E-state index in [-0.39, 0.29) is 0 Å². The monoisotopic (exact) mass is 332 g/mol. The minimum Gasteiger partial charge on any atom is -0.378 e. The van der Waals surface area contributed by atoms with Crippen LogP contribution in [0.2, 0.25) is 0 Å². The number of hydrogen-bond donors (Lipinski definition) is 0. The van der Waals surface area contributed by atoms with E-state index in [1.807, 2.05) is 0 Å². The molecule has 24 heavy (non-hydrogen) atoms. The van der Waals surface area contributed by atoms with Gasteiger partial charge in [-0.2, -0.15) is 0 Å². The van der Waals surface area contributed by atoms with Gasteiger partial charge in [0.2, 0.25) is 0 Å². The smallest absolute Gasteiger partial charge is 0.0600 e. The molecule has 4 fully saturated rings. The van der Waals surface area contributed by atoms with E-state index >= 15 is 0 Å². The summed E-state index contributed by atoms with van der Waals surface area (Å²) in [4.78, 5) is 0. The quantitative estimate of drug-likeness (QED) is 0.565. The average Bonchev–Trinajstić information content (AvgIpc) is 2.61. The summed E-state index contributed by atoms with van der Waals surface area (Å²) >= 11 is 0. The average molecular weight is 333 g/mol. The van der Waals surface area contributed by atoms with Gasteiger partial charge in [0.15, 0.2) is 0 Å². The first-order valence-electron chi connectivity index (χ1n) is 11.3. The summed E-state index contributed by atoms with van der Waals surface area (Å²) in [6.45, 7) is 5.86. The van der Waals surface area contributed by atoms with E-state index in [0.29, 0.717) is 11.5 Å². The van der Waals surface area contributed by atoms with Gasteiger partial charge in [0.05, 0.1) is 6.10 Å². The Morgan fingerprint density at radius 3 is 2.12 bits per heavy atom. The Kier molecular flexibility index (Phi) is 5.28. The minimum atomic E-state index is 0.448. The first kappa shape index (κ1) is 17.4. The second-order valence-corrected chi connectivity index (χ2v) is 10.1. The second-order valence-electron chi connectivity index (χ2n) is 10.1. The molecule has 0 aromatic heterocycles. The zero-order valence-electron chi connectivity index (χ0n) is 16.3. The Morgan fingerprint density at radius 2 is 1.50 bits per heavy atom. The van der Waals surface area contributed by atoms with Crippen molar-refractivity contribution < 1.29 is 4.74 Å². The number of hydrogen-bond acceptors (Lipinski definition) is 1. The summed E-state index contributed by atoms with van der Waals surface area (Å²) in [5.41, 5.74) is 0.448. The zero-order valence-corrected chi connectivity index (χ0v) is 16.3. The van der Waals surface area contributed by atoms with Gasteiger partial charge in [-0.05, 0) is 86.9 Å². The standard InChI is InChI=1S/C23H40O/c1-17-23(2,13-7-15-24-17)14-12-22-20-10-5-3-8-18(20)16-19-9-4-6-11-21(19)22/h17-22H,3-16H2,1-2H3/t17?,18?,19?,20?,21?,22?,23-/m0/s1. The van der Waals surface area contributed by atoms with Gasteiger partial charge >= 0.3 is 0 Å². The molecule has 1 saturated heterocycles. The number of rotatable bonds is 3. The molecule has 1 heteroatoms. The SMILES string of the molecule is CC1OCCC[C@@]1(C)CCC1C2CCCCC2CC2CCCCC21. The van der Waals surface area contributed by atoms with E-state index < -0.39 is 0 Å². The van der Waals surface area contributed by atoms with Crippen molar-refractivity contribution in [1.29, 1.82) is 0 Å². The molecule has 4 aliphatic rings. The summed E-state index contributed by atoms with van der Waals surface area (Å²) in [5.74, 6) is 5.41. The molecule has 0 radical (unpaired) electrons. The van der Waals surface area contributed by atoms with Crippen LogP contribution in [0.5, 0.6) is 0 Å². The van der Waals surface area contributed by atoms with Gasteiger partial charge in [0.25, 0.3) is 0 Å². The maximum absolute atomic E-state index is 6.05. The lowest BCUT2D eigenvalue weighted by Crippen LogP contribution is -2.44. The molecule has 1 heterocycles. The van der Waals surface area contributed by atoms with Gasteiger partial charge in [-0.1, -0.05) is 45.4 Å². The van der Waals surface area contributed by atoms with Crippen LogP contribution in [0.15, 0.2) is 0 Å². The van der Waals surface area contributed by atoms with Crippen LogP contribution in [0.25, 0.3) is 0 Å². The molecule has 0 bridgehead atoms. The summed E-state index contributed by atoms with van der Waals surface area (Å²) in [6, 6.07) is 0. The summed E-state index contributed by atoms with van der Waals surface area (Å²) in [6.07, 6.45) is 20.0. The summed E-state index contributed by atoms with van der Waals surface area (Å²) < 4.78 is 6.05. The van der Waals surface area contributed by atoms with Gasteiger partial charge in [0, 0.05) is 6.61 Å². The molecule has 0 aromatic rings. The molecule has 4 rings (SSSR count). The molecular weight excluding hydrogens is 292 g/mol. The Balaban J connectivity index is 1.47. The molecule has 1 nitrogen and oxygen atoms in total. The van der Waals surface area contributed by atoms with Gasteiger partial charge in [-0.15, -0.1) is 0 Å². The van der Waals surface area contributed by atoms with Gasteiger partial charge in [0.1, 0.15) is 0 Å². The fourth-order valence-electron chi connectivity index (χ4n) is 7.29. The van der Waals surface area contributed by atoms with E-state index in [0.717, 1.165) is 36.2 Å². The Morgan fingerprint density at radius 1 is 0.875 bits per heavy atom. The normalized spacial score (nSPS) is 49.2. The largest absolute Gasteiger partial charge is 0.378 e. The minimum absolute atomic E-state index is 0.448. The molecule has 5 unspecified atom stereocenters. The maximum Gasteiger partial charge on any atom is 0.0600 e. The van der Waals surface area contributed by atoms with Crippen LogP contribution >= 0.6 is 0 Å². The Labute approximate surface area is 150 Å². The van der Waals surface area contributed by atoms with Crippen LogP contribution in [0.4, 0.5) is 0 Å². The number of ether oxygens (including phenoxy) is 1. The fraction of sp³-hybridized carbons (Fsp3) is 1.00. The van der Waals surface area contributed by atoms with Crippen LogP contribution in [0, 0.1) is 35.0 Å². The first-order chi connectivity index (χ1) is 11.7. The molecule has 3 aliphatic carbocycles. The van der Waals surface area contributed by atoms with Crippen molar-refractivity contribution in [2.75, 3.05) is 6.61 Å². The maximum atomic E-state index is 6.05. The van der Waals surface area contributed by atoms with Crippen LogP contribution in [0.1, 0.15) is 97.3 Å². The van der Waals surface area contributed by atoms with Gasteiger partial charge in [-0.3, -0.25) is 0 Å². The molecule has 138 valence electrons. The topological polar surface area (TPSA) is 9.23 Å². The van der Waals surface area contributed by atoms with Crippen molar-refractivity contribution in [2.45, 2.75) is 103 Å². The van der Waals surface area contributed by atoms with Crippen molar-refractivity contribution in [3.8, 4) is 0 Å². The molecule has 0 N–H and O–H groups in total. The third-order valence-corrected chi connectivity index (χ3v) is 8.93. The van der Waals surface area contributed by atoms with Crippen LogP contribution in [0.3, 0.4) is 0 Å². The lowest BCUT2D eigenvalue weighted by molar-refractivity contribution is -0.0800. The molecule has 0 aromatic carbocycles. The van der Waals surface area contributed by atoms with Crippen LogP contribution in [-0.4, -0.2) is 12.7 Å². The highest BCUT2D eigenvalue weighted by molar-refractivity contribution is 4.96. The highest BCUT2D eigenvalue weighted by Crippen LogP contribution is 2.55. The Hall–Kier alpha value is -0.0400. The lowest BCUT2D eigenvalue weighted by atomic mass is 9.53. The van der Waals surface area contributed by atoms with Crippen LogP contribution in [-0.2, 0) is 4.74 Å². The zero-order chi connectivity index (χ0) is 16.6. The van der Waals surface area contributed by atoms with Gasteiger partial charge in [-0.25, -0.2) is 0 Å². The predicted molar refractivity (Wildman–Crippen MR) is 101 cm³/mol. The van der Waals surface area contributed by atoms with E-state index in [9.17, 15) is 0 Å². The first-order valence-corrected chi connectivity index (χ1v) is 11.3. The van der Waals surface area contributed by atoms with E-state index in [4.69, 9.17) is 4.74 Å². The molecule has 6 atom stereocenters. The van der Waals surface area contributed by atoms with E-state index in [1.54, 1.807) is 32.1 Å². The fourth-order valence-corrected chi connectivity index (χ4v) is 7.29. The lowest BCUT2D eigenvalue weighted by Gasteiger charge is -2.52. The van der Waals surface area contributed by atoms with Crippen molar-refractivity contribution in [2.24, 2.45) is 35.0 Å². The van der Waals surface area contributed by atoms with E-state index in [2.05, 4.69) is 13.8 Å². The molecule has 0 amide bonds. The Bertz CT molecular complexity index is 396. The van der Waals surface area contributed by atoms with E-state index in [1.165, 1.54) is 51.4 Å². The number of fused-ring (bicyclic) bond motifs is 2. The molecule has 3 saturated carbocycles.